The van der Waals surface area contributed by atoms with Crippen molar-refractivity contribution in [3.8, 4) is 5.88 Å². The Morgan fingerprint density at radius 3 is 2.27 bits per heavy atom. The number of hydrogen-bond acceptors (Lipinski definition) is 3. The normalized spacial score (nSPS) is 14.2. The molecule has 0 bridgehead atoms. The lowest BCUT2D eigenvalue weighted by molar-refractivity contribution is -0.138. The van der Waals surface area contributed by atoms with Crippen molar-refractivity contribution in [2.24, 2.45) is 0 Å². The van der Waals surface area contributed by atoms with Crippen molar-refractivity contribution >= 4 is 17.5 Å². The topological polar surface area (TPSA) is 51.2 Å². The maximum absolute atomic E-state index is 12.8. The molecular formula is C25H24ClF3N2O2. The number of benzene rings is 2. The number of carbonyl (C=O) groups is 1. The van der Waals surface area contributed by atoms with Crippen LogP contribution in [0.25, 0.3) is 0 Å². The summed E-state index contributed by atoms with van der Waals surface area (Å²) in [5.74, 6) is -0.465. The van der Waals surface area contributed by atoms with E-state index in [1.54, 1.807) is 0 Å². The number of amides is 1. The third-order valence-electron chi connectivity index (χ3n) is 5.30. The van der Waals surface area contributed by atoms with Gasteiger partial charge >= 0.3 is 6.18 Å². The molecule has 3 aromatic rings. The fourth-order valence-corrected chi connectivity index (χ4v) is 3.58. The number of hydrogen-bond donors (Lipinski definition) is 1. The standard InChI is InChI=1S/C25H24ClF3N2O2/c1-16(22(19-6-4-3-5-7-19)14-18-8-11-21(26)12-9-18)31-24(32)17(2)33-23-13-10-20(15-30-23)25(27,28)29/h3-13,15-17,22H,14H2,1-2H3,(H,31,32)/t16-,17+,22?/m0/s1. The summed E-state index contributed by atoms with van der Waals surface area (Å²) in [6.07, 6.45) is -4.07. The average molecular weight is 477 g/mol. The molecule has 3 atom stereocenters. The van der Waals surface area contributed by atoms with E-state index in [2.05, 4.69) is 10.3 Å². The van der Waals surface area contributed by atoms with E-state index in [-0.39, 0.29) is 23.7 Å². The van der Waals surface area contributed by atoms with Crippen LogP contribution in [-0.2, 0) is 17.4 Å². The molecule has 4 nitrogen and oxygen atoms in total. The summed E-state index contributed by atoms with van der Waals surface area (Å²) in [6, 6.07) is 19.1. The van der Waals surface area contributed by atoms with Crippen molar-refractivity contribution in [3.05, 3.63) is 94.6 Å². The minimum absolute atomic E-state index is 0.0206. The van der Waals surface area contributed by atoms with Crippen LogP contribution in [0.4, 0.5) is 13.2 Å². The Hall–Kier alpha value is -3.06. The van der Waals surface area contributed by atoms with Gasteiger partial charge in [-0.15, -0.1) is 0 Å². The van der Waals surface area contributed by atoms with Crippen LogP contribution in [0.15, 0.2) is 72.9 Å². The Bertz CT molecular complexity index is 1040. The molecule has 0 radical (unpaired) electrons. The summed E-state index contributed by atoms with van der Waals surface area (Å²) >= 11 is 6.00. The number of carbonyl (C=O) groups excluding carboxylic acids is 1. The zero-order chi connectivity index (χ0) is 24.0. The van der Waals surface area contributed by atoms with E-state index < -0.39 is 17.8 Å². The number of pyridine rings is 1. The molecule has 0 aliphatic heterocycles. The Labute approximate surface area is 195 Å². The van der Waals surface area contributed by atoms with Gasteiger partial charge in [-0.3, -0.25) is 4.79 Å². The number of nitrogens with one attached hydrogen (secondary N) is 1. The van der Waals surface area contributed by atoms with Gasteiger partial charge in [-0.1, -0.05) is 54.1 Å². The number of halogens is 4. The Balaban J connectivity index is 1.68. The second-order valence-corrected chi connectivity index (χ2v) is 8.22. The molecule has 0 saturated carbocycles. The zero-order valence-electron chi connectivity index (χ0n) is 18.1. The van der Waals surface area contributed by atoms with Crippen molar-refractivity contribution in [1.29, 1.82) is 0 Å². The maximum Gasteiger partial charge on any atom is 0.417 e. The van der Waals surface area contributed by atoms with Crippen LogP contribution >= 0.6 is 11.6 Å². The highest BCUT2D eigenvalue weighted by Crippen LogP contribution is 2.29. The first-order chi connectivity index (χ1) is 15.6. The van der Waals surface area contributed by atoms with Gasteiger partial charge in [0, 0.05) is 29.2 Å². The van der Waals surface area contributed by atoms with Crippen molar-refractivity contribution < 1.29 is 22.7 Å². The molecule has 1 N–H and O–H groups in total. The Morgan fingerprint density at radius 2 is 1.70 bits per heavy atom. The predicted molar refractivity (Wildman–Crippen MR) is 121 cm³/mol. The summed E-state index contributed by atoms with van der Waals surface area (Å²) in [6.45, 7) is 3.44. The first-order valence-electron chi connectivity index (χ1n) is 10.4. The van der Waals surface area contributed by atoms with Gasteiger partial charge in [-0.25, -0.2) is 4.98 Å². The number of alkyl halides is 3. The monoisotopic (exact) mass is 476 g/mol. The smallest absolute Gasteiger partial charge is 0.417 e. The highest BCUT2D eigenvalue weighted by Gasteiger charge is 2.31. The van der Waals surface area contributed by atoms with Gasteiger partial charge in [-0.05, 0) is 49.6 Å². The fourth-order valence-electron chi connectivity index (χ4n) is 3.45. The lowest BCUT2D eigenvalue weighted by Crippen LogP contribution is -2.44. The first-order valence-corrected chi connectivity index (χ1v) is 10.8. The van der Waals surface area contributed by atoms with Crippen LogP contribution in [0.1, 0.15) is 36.5 Å². The van der Waals surface area contributed by atoms with Gasteiger partial charge in [0.25, 0.3) is 5.91 Å². The summed E-state index contributed by atoms with van der Waals surface area (Å²) < 4.78 is 43.5. The van der Waals surface area contributed by atoms with Crippen LogP contribution in [0.3, 0.4) is 0 Å². The summed E-state index contributed by atoms with van der Waals surface area (Å²) in [4.78, 5) is 16.4. The molecule has 1 unspecified atom stereocenters. The molecule has 0 aliphatic rings. The van der Waals surface area contributed by atoms with E-state index in [0.29, 0.717) is 17.6 Å². The van der Waals surface area contributed by atoms with Gasteiger partial charge < -0.3 is 10.1 Å². The lowest BCUT2D eigenvalue weighted by Gasteiger charge is -2.27. The molecule has 1 heterocycles. The molecule has 174 valence electrons. The quantitative estimate of drug-likeness (QED) is 0.430. The largest absolute Gasteiger partial charge is 0.465 e. The van der Waals surface area contributed by atoms with Crippen molar-refractivity contribution in [1.82, 2.24) is 10.3 Å². The van der Waals surface area contributed by atoms with Crippen LogP contribution in [-0.4, -0.2) is 23.0 Å². The molecule has 8 heteroatoms. The van der Waals surface area contributed by atoms with Gasteiger partial charge in [0.15, 0.2) is 6.10 Å². The van der Waals surface area contributed by atoms with Gasteiger partial charge in [0.05, 0.1) is 5.56 Å². The zero-order valence-corrected chi connectivity index (χ0v) is 18.9. The molecule has 2 aromatic carbocycles. The number of rotatable bonds is 8. The lowest BCUT2D eigenvalue weighted by atomic mass is 9.86. The van der Waals surface area contributed by atoms with Gasteiger partial charge in [-0.2, -0.15) is 13.2 Å². The minimum atomic E-state index is -4.49. The van der Waals surface area contributed by atoms with Crippen molar-refractivity contribution in [2.45, 2.75) is 44.5 Å². The summed E-state index contributed by atoms with van der Waals surface area (Å²) in [7, 11) is 0. The second kappa shape index (κ2) is 10.7. The van der Waals surface area contributed by atoms with Crippen LogP contribution < -0.4 is 10.1 Å². The molecule has 0 saturated heterocycles. The number of aromatic nitrogens is 1. The van der Waals surface area contributed by atoms with Crippen molar-refractivity contribution in [2.75, 3.05) is 0 Å². The molecule has 1 aromatic heterocycles. The fraction of sp³-hybridized carbons (Fsp3) is 0.280. The molecule has 0 spiro atoms. The van der Waals surface area contributed by atoms with Gasteiger partial charge in [0.2, 0.25) is 5.88 Å². The van der Waals surface area contributed by atoms with Gasteiger partial charge in [0.1, 0.15) is 0 Å². The van der Waals surface area contributed by atoms with Crippen LogP contribution in [0.2, 0.25) is 5.02 Å². The molecule has 0 aliphatic carbocycles. The second-order valence-electron chi connectivity index (χ2n) is 7.79. The van der Waals surface area contributed by atoms with Crippen LogP contribution in [0, 0.1) is 0 Å². The molecule has 3 rings (SSSR count). The van der Waals surface area contributed by atoms with E-state index in [1.807, 2.05) is 61.5 Å². The Kier molecular flexibility index (Phi) is 7.97. The maximum atomic E-state index is 12.8. The highest BCUT2D eigenvalue weighted by molar-refractivity contribution is 6.30. The van der Waals surface area contributed by atoms with E-state index in [4.69, 9.17) is 16.3 Å². The van der Waals surface area contributed by atoms with E-state index in [0.717, 1.165) is 23.3 Å². The number of nitrogens with zero attached hydrogens (tertiary/aromatic N) is 1. The molecule has 1 amide bonds. The number of ether oxygens (including phenoxy) is 1. The van der Waals surface area contributed by atoms with Crippen LogP contribution in [0.5, 0.6) is 5.88 Å². The van der Waals surface area contributed by atoms with E-state index >= 15 is 0 Å². The molecule has 0 fully saturated rings. The average Bonchev–Trinajstić information content (AvgIpc) is 2.79. The van der Waals surface area contributed by atoms with E-state index in [1.165, 1.54) is 6.92 Å². The third-order valence-corrected chi connectivity index (χ3v) is 5.55. The molecule has 33 heavy (non-hydrogen) atoms. The predicted octanol–water partition coefficient (Wildman–Crippen LogP) is 6.05. The molecular weight excluding hydrogens is 453 g/mol. The Morgan fingerprint density at radius 1 is 1.03 bits per heavy atom. The highest BCUT2D eigenvalue weighted by atomic mass is 35.5. The summed E-state index contributed by atoms with van der Waals surface area (Å²) in [5, 5.41) is 3.62. The third kappa shape index (κ3) is 6.96. The van der Waals surface area contributed by atoms with E-state index in [9.17, 15) is 18.0 Å². The summed E-state index contributed by atoms with van der Waals surface area (Å²) in [5.41, 5.74) is 1.26. The minimum Gasteiger partial charge on any atom is -0.465 e. The van der Waals surface area contributed by atoms with Crippen molar-refractivity contribution in [3.63, 3.8) is 0 Å². The SMILES string of the molecule is C[C@H](NC(=O)[C@@H](C)Oc1ccc(C(F)(F)F)cn1)C(Cc1ccc(Cl)cc1)c1ccccc1. The first kappa shape index (κ1) is 24.6.